The van der Waals surface area contributed by atoms with E-state index in [0.717, 1.165) is 43.6 Å². The molecular weight excluding hydrogens is 236 g/mol. The first-order valence-corrected chi connectivity index (χ1v) is 7.05. The maximum absolute atomic E-state index is 12.2. The maximum atomic E-state index is 12.2. The Morgan fingerprint density at radius 2 is 2.16 bits per heavy atom. The van der Waals surface area contributed by atoms with E-state index >= 15 is 0 Å². The number of carbonyl (C=O) groups is 1. The van der Waals surface area contributed by atoms with E-state index in [4.69, 9.17) is 0 Å². The summed E-state index contributed by atoms with van der Waals surface area (Å²) in [6.45, 7) is 3.79. The highest BCUT2D eigenvalue weighted by atomic mass is 16.1. The van der Waals surface area contributed by atoms with Crippen molar-refractivity contribution >= 4 is 11.6 Å². The third-order valence-corrected chi connectivity index (χ3v) is 3.48. The summed E-state index contributed by atoms with van der Waals surface area (Å²) in [5.74, 6) is 0.269. The minimum absolute atomic E-state index is 0.122. The molecule has 1 atom stereocenters. The van der Waals surface area contributed by atoms with Gasteiger partial charge in [-0.15, -0.1) is 0 Å². The maximum Gasteiger partial charge on any atom is 0.227 e. The second kappa shape index (κ2) is 7.10. The largest absolute Gasteiger partial charge is 0.326 e. The molecule has 3 heteroatoms. The fourth-order valence-electron chi connectivity index (χ4n) is 2.32. The highest BCUT2D eigenvalue weighted by Crippen LogP contribution is 2.22. The topological polar surface area (TPSA) is 41.1 Å². The second-order valence-corrected chi connectivity index (χ2v) is 4.91. The van der Waals surface area contributed by atoms with Gasteiger partial charge in [0.25, 0.3) is 0 Å². The van der Waals surface area contributed by atoms with Crippen molar-refractivity contribution in [3.05, 3.63) is 42.0 Å². The van der Waals surface area contributed by atoms with E-state index in [1.807, 2.05) is 18.2 Å². The number of hydrogen-bond donors (Lipinski definition) is 2. The molecule has 1 aliphatic rings. The highest BCUT2D eigenvalue weighted by Gasteiger charge is 2.19. The molecule has 0 aliphatic heterocycles. The number of anilines is 1. The van der Waals surface area contributed by atoms with Crippen molar-refractivity contribution in [3.8, 4) is 0 Å². The van der Waals surface area contributed by atoms with Crippen LogP contribution in [0.3, 0.4) is 0 Å². The molecule has 1 aromatic rings. The molecule has 0 saturated heterocycles. The molecule has 3 nitrogen and oxygen atoms in total. The Hall–Kier alpha value is -1.61. The molecule has 0 radical (unpaired) electrons. The molecule has 1 aliphatic carbocycles. The molecule has 2 N–H and O–H groups in total. The van der Waals surface area contributed by atoms with Crippen LogP contribution in [0.25, 0.3) is 0 Å². The van der Waals surface area contributed by atoms with E-state index in [2.05, 4.69) is 35.8 Å². The highest BCUT2D eigenvalue weighted by molar-refractivity contribution is 5.93. The lowest BCUT2D eigenvalue weighted by Gasteiger charge is -2.18. The summed E-state index contributed by atoms with van der Waals surface area (Å²) in [6, 6.07) is 8.00. The first-order chi connectivity index (χ1) is 9.31. The Balaban J connectivity index is 2.01. The van der Waals surface area contributed by atoms with Crippen LogP contribution in [0.15, 0.2) is 36.4 Å². The van der Waals surface area contributed by atoms with Gasteiger partial charge in [-0.05, 0) is 37.4 Å². The summed E-state index contributed by atoms with van der Waals surface area (Å²) in [4.78, 5) is 12.2. The predicted octanol–water partition coefficient (Wildman–Crippen LogP) is 3.09. The molecule has 1 aromatic carbocycles. The quantitative estimate of drug-likeness (QED) is 0.797. The van der Waals surface area contributed by atoms with E-state index in [9.17, 15) is 4.79 Å². The van der Waals surface area contributed by atoms with Gasteiger partial charge in [0, 0.05) is 18.2 Å². The van der Waals surface area contributed by atoms with E-state index in [0.29, 0.717) is 0 Å². The van der Waals surface area contributed by atoms with Crippen LogP contribution >= 0.6 is 0 Å². The van der Waals surface area contributed by atoms with Crippen molar-refractivity contribution in [2.45, 2.75) is 32.7 Å². The summed E-state index contributed by atoms with van der Waals surface area (Å²) in [6.07, 6.45) is 7.09. The van der Waals surface area contributed by atoms with Crippen LogP contribution in [0.5, 0.6) is 0 Å². The number of para-hydroxylation sites is 1. The van der Waals surface area contributed by atoms with Gasteiger partial charge < -0.3 is 10.6 Å². The molecule has 1 unspecified atom stereocenters. The number of benzene rings is 1. The number of allylic oxidation sites excluding steroid dienone is 2. The summed E-state index contributed by atoms with van der Waals surface area (Å²) < 4.78 is 0. The van der Waals surface area contributed by atoms with Gasteiger partial charge in [0.2, 0.25) is 5.91 Å². The van der Waals surface area contributed by atoms with Crippen LogP contribution in [0.1, 0.15) is 31.7 Å². The second-order valence-electron chi connectivity index (χ2n) is 4.91. The SMILES string of the molecule is CCNCc1ccccc1NC(=O)C1CC=CCC1. The zero-order chi connectivity index (χ0) is 13.5. The minimum Gasteiger partial charge on any atom is -0.326 e. The molecule has 2 rings (SSSR count). The Labute approximate surface area is 115 Å². The van der Waals surface area contributed by atoms with Gasteiger partial charge in [0.1, 0.15) is 0 Å². The van der Waals surface area contributed by atoms with Crippen molar-refractivity contribution < 1.29 is 4.79 Å². The third-order valence-electron chi connectivity index (χ3n) is 3.48. The Bertz CT molecular complexity index is 454. The van der Waals surface area contributed by atoms with E-state index in [1.54, 1.807) is 0 Å². The molecular formula is C16H22N2O. The monoisotopic (exact) mass is 258 g/mol. The van der Waals surface area contributed by atoms with Crippen molar-refractivity contribution in [1.82, 2.24) is 5.32 Å². The number of nitrogens with one attached hydrogen (secondary N) is 2. The average Bonchev–Trinajstić information content (AvgIpc) is 2.47. The predicted molar refractivity (Wildman–Crippen MR) is 78.9 cm³/mol. The zero-order valence-corrected chi connectivity index (χ0v) is 11.5. The molecule has 0 bridgehead atoms. The van der Waals surface area contributed by atoms with Gasteiger partial charge >= 0.3 is 0 Å². The molecule has 0 heterocycles. The van der Waals surface area contributed by atoms with Crippen molar-refractivity contribution in [3.63, 3.8) is 0 Å². The number of rotatable bonds is 5. The molecule has 102 valence electrons. The molecule has 0 spiro atoms. The van der Waals surface area contributed by atoms with Gasteiger partial charge in [-0.2, -0.15) is 0 Å². The molecule has 19 heavy (non-hydrogen) atoms. The van der Waals surface area contributed by atoms with Crippen molar-refractivity contribution in [2.24, 2.45) is 5.92 Å². The van der Waals surface area contributed by atoms with Crippen molar-refractivity contribution in [2.75, 3.05) is 11.9 Å². The summed E-state index contributed by atoms with van der Waals surface area (Å²) in [5.41, 5.74) is 2.08. The normalized spacial score (nSPS) is 18.3. The summed E-state index contributed by atoms with van der Waals surface area (Å²) in [5, 5.41) is 6.37. The van der Waals surface area contributed by atoms with E-state index in [1.165, 1.54) is 0 Å². The number of hydrogen-bond acceptors (Lipinski definition) is 2. The number of carbonyl (C=O) groups excluding carboxylic acids is 1. The van der Waals surface area contributed by atoms with Crippen LogP contribution in [0.4, 0.5) is 5.69 Å². The fourth-order valence-corrected chi connectivity index (χ4v) is 2.32. The zero-order valence-electron chi connectivity index (χ0n) is 11.5. The van der Waals surface area contributed by atoms with Gasteiger partial charge in [-0.3, -0.25) is 4.79 Å². The van der Waals surface area contributed by atoms with Gasteiger partial charge in [-0.25, -0.2) is 0 Å². The number of amides is 1. The first-order valence-electron chi connectivity index (χ1n) is 7.05. The van der Waals surface area contributed by atoms with Crippen LogP contribution in [-0.4, -0.2) is 12.5 Å². The van der Waals surface area contributed by atoms with Crippen LogP contribution in [0, 0.1) is 5.92 Å². The van der Waals surface area contributed by atoms with Gasteiger partial charge in [0.15, 0.2) is 0 Å². The first kappa shape index (κ1) is 13.8. The summed E-state index contributed by atoms with van der Waals surface area (Å²) in [7, 11) is 0. The van der Waals surface area contributed by atoms with E-state index < -0.39 is 0 Å². The Morgan fingerprint density at radius 1 is 1.32 bits per heavy atom. The Morgan fingerprint density at radius 3 is 2.89 bits per heavy atom. The van der Waals surface area contributed by atoms with E-state index in [-0.39, 0.29) is 11.8 Å². The minimum atomic E-state index is 0.122. The lowest BCUT2D eigenvalue weighted by atomic mass is 9.93. The Kier molecular flexibility index (Phi) is 5.16. The van der Waals surface area contributed by atoms with Crippen LogP contribution in [-0.2, 0) is 11.3 Å². The smallest absolute Gasteiger partial charge is 0.227 e. The van der Waals surface area contributed by atoms with Crippen LogP contribution < -0.4 is 10.6 Å². The molecule has 0 fully saturated rings. The lowest BCUT2D eigenvalue weighted by molar-refractivity contribution is -0.120. The molecule has 0 saturated carbocycles. The van der Waals surface area contributed by atoms with Crippen LogP contribution in [0.2, 0.25) is 0 Å². The molecule has 0 aromatic heterocycles. The van der Waals surface area contributed by atoms with Gasteiger partial charge in [-0.1, -0.05) is 37.3 Å². The third kappa shape index (κ3) is 3.93. The fraction of sp³-hybridized carbons (Fsp3) is 0.438. The molecule has 1 amide bonds. The lowest BCUT2D eigenvalue weighted by Crippen LogP contribution is -2.24. The summed E-state index contributed by atoms with van der Waals surface area (Å²) >= 11 is 0. The van der Waals surface area contributed by atoms with Crippen molar-refractivity contribution in [1.29, 1.82) is 0 Å². The van der Waals surface area contributed by atoms with Gasteiger partial charge in [0.05, 0.1) is 0 Å². The average molecular weight is 258 g/mol. The standard InChI is InChI=1S/C16H22N2O/c1-2-17-12-14-10-6-7-11-15(14)18-16(19)13-8-4-3-5-9-13/h3-4,6-7,10-11,13,17H,2,5,8-9,12H2,1H3,(H,18,19).